The molecule has 3 rings (SSSR count). The summed E-state index contributed by atoms with van der Waals surface area (Å²) < 4.78 is 29.2. The maximum Gasteiger partial charge on any atom is 0.345 e. The lowest BCUT2D eigenvalue weighted by molar-refractivity contribution is -0.127. The van der Waals surface area contributed by atoms with Crippen LogP contribution >= 0.6 is 0 Å². The molecule has 0 atom stereocenters. The van der Waals surface area contributed by atoms with Gasteiger partial charge in [0.05, 0.1) is 6.61 Å². The number of aromatic nitrogens is 2. The summed E-state index contributed by atoms with van der Waals surface area (Å²) >= 11 is 0. The number of nitrogens with one attached hydrogen (secondary N) is 1. The van der Waals surface area contributed by atoms with Crippen molar-refractivity contribution in [2.45, 2.75) is 84.3 Å². The minimum atomic E-state index is -2.76. The minimum absolute atomic E-state index is 0.0573. The Hall–Kier alpha value is -1.87. The van der Waals surface area contributed by atoms with Gasteiger partial charge in [-0.1, -0.05) is 20.8 Å². The second-order valence-corrected chi connectivity index (χ2v) is 10.7. The number of carbonyl (C=O) groups excluding carboxylic acids is 1. The van der Waals surface area contributed by atoms with E-state index in [9.17, 15) is 13.6 Å². The van der Waals surface area contributed by atoms with Crippen molar-refractivity contribution < 1.29 is 18.3 Å². The number of hydrogen-bond donors (Lipinski definition) is 1. The average molecular weight is 482 g/mol. The van der Waals surface area contributed by atoms with Gasteiger partial charge in [-0.3, -0.25) is 9.69 Å². The second-order valence-electron chi connectivity index (χ2n) is 10.7. The zero-order valence-corrected chi connectivity index (χ0v) is 21.2. The third-order valence-corrected chi connectivity index (χ3v) is 6.84. The van der Waals surface area contributed by atoms with Crippen molar-refractivity contribution in [3.63, 3.8) is 0 Å². The van der Waals surface area contributed by atoms with E-state index in [4.69, 9.17) is 4.98 Å². The molecule has 1 saturated heterocycles. The molecule has 34 heavy (non-hydrogen) atoms. The maximum atomic E-state index is 12.4. The first kappa shape index (κ1) is 26.7. The molecule has 9 heteroatoms. The van der Waals surface area contributed by atoms with E-state index in [0.717, 1.165) is 68.8 Å². The molecule has 1 saturated carbocycles. The van der Waals surface area contributed by atoms with Crippen LogP contribution in [-0.4, -0.2) is 72.8 Å². The van der Waals surface area contributed by atoms with Crippen LogP contribution in [0.25, 0.3) is 0 Å². The molecule has 0 bridgehead atoms. The quantitative estimate of drug-likeness (QED) is 0.579. The highest BCUT2D eigenvalue weighted by atomic mass is 19.3. The second kappa shape index (κ2) is 12.2. The fourth-order valence-electron chi connectivity index (χ4n) is 4.81. The van der Waals surface area contributed by atoms with Crippen molar-refractivity contribution in [1.82, 2.24) is 20.2 Å². The van der Waals surface area contributed by atoms with Crippen LogP contribution in [0.1, 0.15) is 71.3 Å². The summed E-state index contributed by atoms with van der Waals surface area (Å²) in [7, 11) is 0. The van der Waals surface area contributed by atoms with Crippen LogP contribution in [-0.2, 0) is 21.4 Å². The number of rotatable bonds is 9. The van der Waals surface area contributed by atoms with Crippen LogP contribution in [0.2, 0.25) is 0 Å². The van der Waals surface area contributed by atoms with Gasteiger partial charge in [-0.15, -0.1) is 0 Å². The number of amides is 1. The monoisotopic (exact) mass is 481 g/mol. The molecule has 1 aliphatic carbocycles. The summed E-state index contributed by atoms with van der Waals surface area (Å²) in [6, 6.07) is 2.28. The molecule has 2 heterocycles. The van der Waals surface area contributed by atoms with Gasteiger partial charge < -0.3 is 15.0 Å². The third-order valence-electron chi connectivity index (χ3n) is 6.84. The van der Waals surface area contributed by atoms with E-state index in [-0.39, 0.29) is 17.9 Å². The van der Waals surface area contributed by atoms with Crippen LogP contribution in [0.3, 0.4) is 0 Å². The lowest BCUT2D eigenvalue weighted by atomic mass is 9.84. The van der Waals surface area contributed by atoms with Gasteiger partial charge in [0, 0.05) is 62.7 Å². The smallest absolute Gasteiger partial charge is 0.345 e. The first-order valence-electron chi connectivity index (χ1n) is 12.6. The number of carbonyl (C=O) groups is 1. The van der Waals surface area contributed by atoms with Crippen molar-refractivity contribution >= 4 is 11.7 Å². The number of halogens is 2. The van der Waals surface area contributed by atoms with E-state index >= 15 is 0 Å². The van der Waals surface area contributed by atoms with Gasteiger partial charge in [-0.05, 0) is 44.6 Å². The number of piperazine rings is 1. The Balaban J connectivity index is 1.49. The normalized spacial score (nSPS) is 22.3. The van der Waals surface area contributed by atoms with Crippen LogP contribution < -0.4 is 10.2 Å². The standard InChI is InChI=1S/C25H41F2N5O2/c1-18(33)28-20-7-5-19(6-8-20)9-11-31-12-14-32(15-13-31)22-17-21(10-16-34-24(26)27)29-23(30-22)25(2,3)4/h17,19-20,24H,5-16H2,1-4H3,(H,28,33). The molecule has 1 aromatic heterocycles. The van der Waals surface area contributed by atoms with Crippen molar-refractivity contribution in [2.24, 2.45) is 5.92 Å². The summed E-state index contributed by atoms with van der Waals surface area (Å²) in [6.07, 6.45) is 6.12. The van der Waals surface area contributed by atoms with E-state index in [2.05, 4.69) is 45.6 Å². The van der Waals surface area contributed by atoms with Gasteiger partial charge in [0.25, 0.3) is 0 Å². The highest BCUT2D eigenvalue weighted by Gasteiger charge is 2.25. The van der Waals surface area contributed by atoms with E-state index in [1.807, 2.05) is 6.07 Å². The van der Waals surface area contributed by atoms with Gasteiger partial charge in [0.15, 0.2) is 0 Å². The number of nitrogens with zero attached hydrogens (tertiary/aromatic N) is 4. The van der Waals surface area contributed by atoms with Gasteiger partial charge in [-0.25, -0.2) is 9.97 Å². The van der Waals surface area contributed by atoms with Crippen molar-refractivity contribution in [3.05, 3.63) is 17.6 Å². The zero-order chi connectivity index (χ0) is 24.7. The molecule has 7 nitrogen and oxygen atoms in total. The molecule has 0 spiro atoms. The van der Waals surface area contributed by atoms with Gasteiger partial charge in [0.2, 0.25) is 5.91 Å². The van der Waals surface area contributed by atoms with Gasteiger partial charge in [-0.2, -0.15) is 8.78 Å². The Morgan fingerprint density at radius 3 is 2.41 bits per heavy atom. The Morgan fingerprint density at radius 2 is 1.82 bits per heavy atom. The molecule has 0 radical (unpaired) electrons. The Bertz CT molecular complexity index is 786. The van der Waals surface area contributed by atoms with Crippen LogP contribution in [0.4, 0.5) is 14.6 Å². The van der Waals surface area contributed by atoms with Crippen molar-refractivity contribution in [3.8, 4) is 0 Å². The summed E-state index contributed by atoms with van der Waals surface area (Å²) in [6.45, 7) is 9.83. The Kier molecular flexibility index (Phi) is 9.59. The minimum Gasteiger partial charge on any atom is -0.354 e. The molecule has 1 aromatic rings. The highest BCUT2D eigenvalue weighted by Crippen LogP contribution is 2.28. The SMILES string of the molecule is CC(=O)NC1CCC(CCN2CCN(c3cc(CCOC(F)F)nc(C(C)(C)C)n3)CC2)CC1. The molecule has 1 N–H and O–H groups in total. The first-order valence-corrected chi connectivity index (χ1v) is 12.6. The van der Waals surface area contributed by atoms with E-state index in [1.54, 1.807) is 6.92 Å². The number of alkyl halides is 2. The summed E-state index contributed by atoms with van der Waals surface area (Å²) in [5.74, 6) is 2.43. The molecule has 192 valence electrons. The topological polar surface area (TPSA) is 70.6 Å². The van der Waals surface area contributed by atoms with E-state index in [1.165, 1.54) is 19.3 Å². The van der Waals surface area contributed by atoms with Crippen molar-refractivity contribution in [2.75, 3.05) is 44.2 Å². The predicted octanol–water partition coefficient (Wildman–Crippen LogP) is 3.76. The van der Waals surface area contributed by atoms with E-state index in [0.29, 0.717) is 12.5 Å². The number of anilines is 1. The molecule has 2 aliphatic rings. The van der Waals surface area contributed by atoms with Crippen LogP contribution in [0.5, 0.6) is 0 Å². The molecular weight excluding hydrogens is 440 g/mol. The maximum absolute atomic E-state index is 12.4. The summed E-state index contributed by atoms with van der Waals surface area (Å²) in [5.41, 5.74) is 0.516. The largest absolute Gasteiger partial charge is 0.354 e. The van der Waals surface area contributed by atoms with Gasteiger partial charge >= 0.3 is 6.61 Å². The summed E-state index contributed by atoms with van der Waals surface area (Å²) in [4.78, 5) is 25.5. The predicted molar refractivity (Wildman–Crippen MR) is 129 cm³/mol. The summed E-state index contributed by atoms with van der Waals surface area (Å²) in [5, 5.41) is 3.06. The number of ether oxygens (including phenoxy) is 1. The van der Waals surface area contributed by atoms with Crippen molar-refractivity contribution in [1.29, 1.82) is 0 Å². The highest BCUT2D eigenvalue weighted by molar-refractivity contribution is 5.73. The zero-order valence-electron chi connectivity index (χ0n) is 21.2. The Morgan fingerprint density at radius 1 is 1.15 bits per heavy atom. The molecule has 0 aromatic carbocycles. The Labute approximate surface area is 202 Å². The lowest BCUT2D eigenvalue weighted by Crippen LogP contribution is -2.47. The van der Waals surface area contributed by atoms with E-state index < -0.39 is 6.61 Å². The van der Waals surface area contributed by atoms with Gasteiger partial charge in [0.1, 0.15) is 11.6 Å². The molecule has 0 unspecified atom stereocenters. The fraction of sp³-hybridized carbons (Fsp3) is 0.800. The van der Waals surface area contributed by atoms with Crippen LogP contribution in [0.15, 0.2) is 6.07 Å². The first-order chi connectivity index (χ1) is 16.1. The average Bonchev–Trinajstić information content (AvgIpc) is 2.77. The fourth-order valence-corrected chi connectivity index (χ4v) is 4.81. The molecule has 2 fully saturated rings. The number of hydrogen-bond acceptors (Lipinski definition) is 6. The molecule has 1 aliphatic heterocycles. The molecular formula is C25H41F2N5O2. The lowest BCUT2D eigenvalue weighted by Gasteiger charge is -2.37. The van der Waals surface area contributed by atoms with Crippen LogP contribution in [0, 0.1) is 5.92 Å². The molecule has 1 amide bonds. The third kappa shape index (κ3) is 8.41.